The number of nitro groups is 1. The number of nitrogens with two attached hydrogens (primary N) is 1. The molecule has 0 aliphatic carbocycles. The zero-order valence-corrected chi connectivity index (χ0v) is 9.10. The van der Waals surface area contributed by atoms with Crippen molar-refractivity contribution in [3.8, 4) is 5.75 Å². The number of nitro benzene ring substituents is 1. The van der Waals surface area contributed by atoms with Crippen LogP contribution in [0, 0.1) is 15.9 Å². The first-order valence-corrected chi connectivity index (χ1v) is 5.00. The van der Waals surface area contributed by atoms with Crippen LogP contribution in [-0.2, 0) is 0 Å². The SMILES string of the molecule is C=CCC[C@@H](N)c1cc(F)cc([N+](=O)[O-])c1O. The number of allylic oxidation sites excluding steroid dienone is 1. The maximum atomic E-state index is 13.2. The fourth-order valence-electron chi connectivity index (χ4n) is 1.48. The molecule has 0 heterocycles. The van der Waals surface area contributed by atoms with E-state index in [0.29, 0.717) is 18.9 Å². The number of rotatable bonds is 5. The number of hydrogen-bond acceptors (Lipinski definition) is 4. The first kappa shape index (κ1) is 13.1. The third kappa shape index (κ3) is 3.01. The van der Waals surface area contributed by atoms with E-state index in [9.17, 15) is 19.6 Å². The maximum absolute atomic E-state index is 13.2. The van der Waals surface area contributed by atoms with Crippen molar-refractivity contribution < 1.29 is 14.4 Å². The number of halogens is 1. The van der Waals surface area contributed by atoms with E-state index in [2.05, 4.69) is 6.58 Å². The number of benzene rings is 1. The smallest absolute Gasteiger partial charge is 0.313 e. The fourth-order valence-corrected chi connectivity index (χ4v) is 1.48. The second-order valence-corrected chi connectivity index (χ2v) is 3.59. The van der Waals surface area contributed by atoms with Gasteiger partial charge in [0.05, 0.1) is 11.0 Å². The largest absolute Gasteiger partial charge is 0.502 e. The summed E-state index contributed by atoms with van der Waals surface area (Å²) in [6.07, 6.45) is 2.63. The van der Waals surface area contributed by atoms with Gasteiger partial charge in [-0.05, 0) is 18.9 Å². The Morgan fingerprint density at radius 2 is 2.29 bits per heavy atom. The summed E-state index contributed by atoms with van der Waals surface area (Å²) in [5.41, 5.74) is 5.09. The highest BCUT2D eigenvalue weighted by Crippen LogP contribution is 2.35. The van der Waals surface area contributed by atoms with Crippen molar-refractivity contribution in [3.05, 3.63) is 46.3 Å². The van der Waals surface area contributed by atoms with Crippen LogP contribution in [0.15, 0.2) is 24.8 Å². The van der Waals surface area contributed by atoms with E-state index >= 15 is 0 Å². The molecule has 1 rings (SSSR count). The molecule has 5 nitrogen and oxygen atoms in total. The van der Waals surface area contributed by atoms with Crippen LogP contribution in [0.4, 0.5) is 10.1 Å². The molecule has 0 aromatic heterocycles. The summed E-state index contributed by atoms with van der Waals surface area (Å²) in [6.45, 7) is 3.51. The van der Waals surface area contributed by atoms with Gasteiger partial charge < -0.3 is 10.8 Å². The lowest BCUT2D eigenvalue weighted by molar-refractivity contribution is -0.386. The molecule has 0 bridgehead atoms. The summed E-state index contributed by atoms with van der Waals surface area (Å²) >= 11 is 0. The zero-order valence-electron chi connectivity index (χ0n) is 9.10. The predicted octanol–water partition coefficient (Wildman–Crippen LogP) is 2.41. The Kier molecular flexibility index (Phi) is 4.17. The Labute approximate surface area is 97.5 Å². The molecular weight excluding hydrogens is 227 g/mol. The molecule has 0 aliphatic heterocycles. The van der Waals surface area contributed by atoms with Crippen molar-refractivity contribution in [1.82, 2.24) is 0 Å². The molecule has 3 N–H and O–H groups in total. The topological polar surface area (TPSA) is 89.4 Å². The summed E-state index contributed by atoms with van der Waals surface area (Å²) in [5.74, 6) is -1.37. The van der Waals surface area contributed by atoms with Crippen LogP contribution in [0.1, 0.15) is 24.4 Å². The van der Waals surface area contributed by atoms with Gasteiger partial charge in [0.1, 0.15) is 5.82 Å². The molecule has 0 aliphatic rings. The standard InChI is InChI=1S/C11H13FN2O3/c1-2-3-4-9(13)8-5-7(12)6-10(11(8)15)14(16)17/h2,5-6,9,15H,1,3-4,13H2/t9-/m1/s1. The van der Waals surface area contributed by atoms with Crippen LogP contribution in [0.2, 0.25) is 0 Å². The molecule has 0 radical (unpaired) electrons. The first-order valence-electron chi connectivity index (χ1n) is 5.00. The summed E-state index contributed by atoms with van der Waals surface area (Å²) in [4.78, 5) is 9.74. The van der Waals surface area contributed by atoms with Crippen molar-refractivity contribution in [2.45, 2.75) is 18.9 Å². The Balaban J connectivity index is 3.14. The van der Waals surface area contributed by atoms with E-state index in [0.717, 1.165) is 6.07 Å². The summed E-state index contributed by atoms with van der Waals surface area (Å²) in [5, 5.41) is 20.2. The van der Waals surface area contributed by atoms with Crippen LogP contribution in [0.3, 0.4) is 0 Å². The molecule has 0 amide bonds. The second kappa shape index (κ2) is 5.40. The highest BCUT2D eigenvalue weighted by molar-refractivity contribution is 5.52. The number of nitrogens with zero attached hydrogens (tertiary/aromatic N) is 1. The third-order valence-electron chi connectivity index (χ3n) is 2.36. The van der Waals surface area contributed by atoms with Crippen LogP contribution in [-0.4, -0.2) is 10.0 Å². The molecule has 0 saturated heterocycles. The Morgan fingerprint density at radius 3 is 2.82 bits per heavy atom. The molecule has 0 saturated carbocycles. The van der Waals surface area contributed by atoms with Crippen molar-refractivity contribution in [3.63, 3.8) is 0 Å². The van der Waals surface area contributed by atoms with E-state index in [4.69, 9.17) is 5.73 Å². The van der Waals surface area contributed by atoms with E-state index < -0.39 is 28.2 Å². The van der Waals surface area contributed by atoms with Crippen molar-refractivity contribution in [2.24, 2.45) is 5.73 Å². The lowest BCUT2D eigenvalue weighted by atomic mass is 10.0. The lowest BCUT2D eigenvalue weighted by Crippen LogP contribution is -2.11. The minimum atomic E-state index is -0.845. The quantitative estimate of drug-likeness (QED) is 0.469. The molecule has 0 unspecified atom stereocenters. The molecule has 1 atom stereocenters. The summed E-state index contributed by atoms with van der Waals surface area (Å²) in [6, 6.07) is 1.01. The highest BCUT2D eigenvalue weighted by Gasteiger charge is 2.22. The molecule has 0 spiro atoms. The lowest BCUT2D eigenvalue weighted by Gasteiger charge is -2.12. The molecule has 1 aromatic carbocycles. The normalized spacial score (nSPS) is 12.1. The van der Waals surface area contributed by atoms with Gasteiger partial charge in [0.25, 0.3) is 0 Å². The maximum Gasteiger partial charge on any atom is 0.313 e. The van der Waals surface area contributed by atoms with Crippen LogP contribution in [0.25, 0.3) is 0 Å². The minimum Gasteiger partial charge on any atom is -0.502 e. The van der Waals surface area contributed by atoms with Gasteiger partial charge in [0.15, 0.2) is 5.75 Å². The average molecular weight is 240 g/mol. The number of hydrogen-bond donors (Lipinski definition) is 2. The van der Waals surface area contributed by atoms with Gasteiger partial charge in [-0.1, -0.05) is 6.08 Å². The first-order chi connectivity index (χ1) is 7.97. The van der Waals surface area contributed by atoms with Crippen LogP contribution in [0.5, 0.6) is 5.75 Å². The van der Waals surface area contributed by atoms with Gasteiger partial charge in [-0.25, -0.2) is 4.39 Å². The zero-order chi connectivity index (χ0) is 13.0. The minimum absolute atomic E-state index is 0.0403. The summed E-state index contributed by atoms with van der Waals surface area (Å²) < 4.78 is 13.2. The number of phenolic OH excluding ortho intramolecular Hbond substituents is 1. The fraction of sp³-hybridized carbons (Fsp3) is 0.273. The van der Waals surface area contributed by atoms with E-state index in [1.54, 1.807) is 6.08 Å². The third-order valence-corrected chi connectivity index (χ3v) is 2.36. The van der Waals surface area contributed by atoms with Gasteiger partial charge in [-0.2, -0.15) is 0 Å². The number of aromatic hydroxyl groups is 1. The van der Waals surface area contributed by atoms with E-state index in [1.807, 2.05) is 0 Å². The average Bonchev–Trinajstić information content (AvgIpc) is 2.28. The van der Waals surface area contributed by atoms with Gasteiger partial charge in [0, 0.05) is 11.6 Å². The van der Waals surface area contributed by atoms with Crippen LogP contribution < -0.4 is 5.73 Å². The molecule has 6 heteroatoms. The highest BCUT2D eigenvalue weighted by atomic mass is 19.1. The van der Waals surface area contributed by atoms with Crippen molar-refractivity contribution in [1.29, 1.82) is 0 Å². The molecule has 92 valence electrons. The van der Waals surface area contributed by atoms with Gasteiger partial charge in [-0.3, -0.25) is 10.1 Å². The van der Waals surface area contributed by atoms with Gasteiger partial charge in [0.2, 0.25) is 0 Å². The Morgan fingerprint density at radius 1 is 1.65 bits per heavy atom. The molecule has 0 fully saturated rings. The van der Waals surface area contributed by atoms with E-state index in [-0.39, 0.29) is 5.56 Å². The number of phenols is 1. The monoisotopic (exact) mass is 240 g/mol. The summed E-state index contributed by atoms with van der Waals surface area (Å²) in [7, 11) is 0. The van der Waals surface area contributed by atoms with Crippen molar-refractivity contribution >= 4 is 5.69 Å². The molecular formula is C11H13FN2O3. The van der Waals surface area contributed by atoms with Crippen LogP contribution >= 0.6 is 0 Å². The van der Waals surface area contributed by atoms with Gasteiger partial charge >= 0.3 is 5.69 Å². The second-order valence-electron chi connectivity index (χ2n) is 3.59. The molecule has 17 heavy (non-hydrogen) atoms. The van der Waals surface area contributed by atoms with E-state index in [1.165, 1.54) is 0 Å². The van der Waals surface area contributed by atoms with Gasteiger partial charge in [-0.15, -0.1) is 6.58 Å². The Hall–Kier alpha value is -1.95. The predicted molar refractivity (Wildman–Crippen MR) is 61.1 cm³/mol. The Bertz CT molecular complexity index is 449. The molecule has 1 aromatic rings. The van der Waals surface area contributed by atoms with Crippen molar-refractivity contribution in [2.75, 3.05) is 0 Å².